The van der Waals surface area contributed by atoms with E-state index < -0.39 is 5.97 Å². The van der Waals surface area contributed by atoms with Crippen LogP contribution in [0.15, 0.2) is 18.2 Å². The molecule has 0 aliphatic carbocycles. The molecule has 1 N–H and O–H groups in total. The molecular formula is C17H24ClFN2O2. The van der Waals surface area contributed by atoms with E-state index in [1.165, 1.54) is 6.07 Å². The third kappa shape index (κ3) is 5.44. The van der Waals surface area contributed by atoms with Crippen LogP contribution < -0.4 is 0 Å². The van der Waals surface area contributed by atoms with Crippen LogP contribution >= 0.6 is 11.6 Å². The molecule has 4 nitrogen and oxygen atoms in total. The molecule has 0 bridgehead atoms. The Morgan fingerprint density at radius 2 is 2.22 bits per heavy atom. The molecule has 0 aromatic heterocycles. The lowest BCUT2D eigenvalue weighted by atomic mass is 10.1. The van der Waals surface area contributed by atoms with Gasteiger partial charge in [-0.15, -0.1) is 0 Å². The van der Waals surface area contributed by atoms with E-state index in [9.17, 15) is 9.18 Å². The van der Waals surface area contributed by atoms with Gasteiger partial charge < -0.3 is 10.0 Å². The van der Waals surface area contributed by atoms with Gasteiger partial charge >= 0.3 is 5.97 Å². The summed E-state index contributed by atoms with van der Waals surface area (Å²) < 4.78 is 13.8. The molecule has 128 valence electrons. The summed E-state index contributed by atoms with van der Waals surface area (Å²) in [7, 11) is 1.87. The Balaban J connectivity index is 1.85. The van der Waals surface area contributed by atoms with E-state index in [4.69, 9.17) is 16.7 Å². The quantitative estimate of drug-likeness (QED) is 0.863. The zero-order chi connectivity index (χ0) is 16.8. The Kier molecular flexibility index (Phi) is 6.81. The minimum Gasteiger partial charge on any atom is -0.480 e. The molecule has 23 heavy (non-hydrogen) atoms. The fourth-order valence-corrected chi connectivity index (χ4v) is 3.44. The van der Waals surface area contributed by atoms with Crippen molar-refractivity contribution in [1.29, 1.82) is 0 Å². The topological polar surface area (TPSA) is 43.8 Å². The molecule has 1 aromatic rings. The Labute approximate surface area is 141 Å². The van der Waals surface area contributed by atoms with Crippen molar-refractivity contribution in [2.75, 3.05) is 33.2 Å². The molecule has 1 aromatic carbocycles. The van der Waals surface area contributed by atoms with Crippen LogP contribution in [0.2, 0.25) is 5.02 Å². The molecule has 0 radical (unpaired) electrons. The zero-order valence-electron chi connectivity index (χ0n) is 13.5. The molecule has 6 heteroatoms. The minimum atomic E-state index is -0.789. The molecule has 2 rings (SSSR count). The van der Waals surface area contributed by atoms with Gasteiger partial charge in [-0.1, -0.05) is 17.7 Å². The van der Waals surface area contributed by atoms with Gasteiger partial charge in [-0.2, -0.15) is 0 Å². The molecule has 1 atom stereocenters. The molecule has 1 unspecified atom stereocenters. The Hall–Kier alpha value is -1.17. The van der Waals surface area contributed by atoms with Gasteiger partial charge in [0.15, 0.2) is 0 Å². The SMILES string of the molecule is CN(CC(=O)O)C1CCCN(CCc2c(F)cccc2Cl)CC1. The minimum absolute atomic E-state index is 0.0789. The third-order valence-corrected chi connectivity index (χ3v) is 4.89. The Morgan fingerprint density at radius 3 is 2.91 bits per heavy atom. The molecule has 1 aliphatic rings. The van der Waals surface area contributed by atoms with Gasteiger partial charge in [0.25, 0.3) is 0 Å². The van der Waals surface area contributed by atoms with E-state index >= 15 is 0 Å². The highest BCUT2D eigenvalue weighted by molar-refractivity contribution is 6.31. The van der Waals surface area contributed by atoms with Crippen LogP contribution in [0, 0.1) is 5.82 Å². The summed E-state index contributed by atoms with van der Waals surface area (Å²) >= 11 is 6.07. The fourth-order valence-electron chi connectivity index (χ4n) is 3.19. The number of benzene rings is 1. The average Bonchev–Trinajstić information content (AvgIpc) is 2.72. The number of carboxylic acids is 1. The lowest BCUT2D eigenvalue weighted by Crippen LogP contribution is -2.36. The first-order valence-corrected chi connectivity index (χ1v) is 8.42. The van der Waals surface area contributed by atoms with Crippen LogP contribution in [0.5, 0.6) is 0 Å². The van der Waals surface area contributed by atoms with Crippen molar-refractivity contribution >= 4 is 17.6 Å². The molecule has 0 spiro atoms. The Bertz CT molecular complexity index is 521. The van der Waals surface area contributed by atoms with Crippen molar-refractivity contribution in [1.82, 2.24) is 9.80 Å². The van der Waals surface area contributed by atoms with Crippen LogP contribution in [0.4, 0.5) is 4.39 Å². The van der Waals surface area contributed by atoms with Crippen molar-refractivity contribution < 1.29 is 14.3 Å². The summed E-state index contributed by atoms with van der Waals surface area (Å²) in [6, 6.07) is 5.09. The zero-order valence-corrected chi connectivity index (χ0v) is 14.2. The number of carbonyl (C=O) groups is 1. The molecule has 1 aliphatic heterocycles. The molecule has 1 saturated heterocycles. The monoisotopic (exact) mass is 342 g/mol. The Morgan fingerprint density at radius 1 is 1.43 bits per heavy atom. The number of nitrogens with zero attached hydrogens (tertiary/aromatic N) is 2. The van der Waals surface area contributed by atoms with Crippen LogP contribution in [-0.2, 0) is 11.2 Å². The maximum absolute atomic E-state index is 13.8. The second-order valence-electron chi connectivity index (χ2n) is 6.19. The molecule has 0 saturated carbocycles. The predicted octanol–water partition coefficient (Wildman–Crippen LogP) is 2.89. The number of hydrogen-bond acceptors (Lipinski definition) is 3. The van der Waals surface area contributed by atoms with Gasteiger partial charge in [0, 0.05) is 23.2 Å². The first-order chi connectivity index (χ1) is 11.0. The maximum Gasteiger partial charge on any atom is 0.317 e. The molecule has 1 heterocycles. The predicted molar refractivity (Wildman–Crippen MR) is 89.5 cm³/mol. The first-order valence-electron chi connectivity index (χ1n) is 8.04. The molecule has 1 fully saturated rings. The van der Waals surface area contributed by atoms with Crippen molar-refractivity contribution in [2.45, 2.75) is 31.7 Å². The van der Waals surface area contributed by atoms with E-state index in [1.807, 2.05) is 11.9 Å². The summed E-state index contributed by atoms with van der Waals surface area (Å²) in [5.74, 6) is -1.03. The second-order valence-corrected chi connectivity index (χ2v) is 6.59. The molecule has 0 amide bonds. The average molecular weight is 343 g/mol. The van der Waals surface area contributed by atoms with Crippen LogP contribution in [0.3, 0.4) is 0 Å². The lowest BCUT2D eigenvalue weighted by molar-refractivity contribution is -0.138. The summed E-state index contributed by atoms with van der Waals surface area (Å²) in [6.07, 6.45) is 3.57. The number of likely N-dealkylation sites (N-methyl/N-ethyl adjacent to an activating group) is 1. The highest BCUT2D eigenvalue weighted by atomic mass is 35.5. The van der Waals surface area contributed by atoms with Crippen LogP contribution in [-0.4, -0.2) is 60.1 Å². The number of likely N-dealkylation sites (tertiary alicyclic amines) is 1. The van der Waals surface area contributed by atoms with E-state index in [1.54, 1.807) is 12.1 Å². The number of halogens is 2. The standard InChI is InChI=1S/C17H24ClFN2O2/c1-20(12-17(22)23)13-4-3-9-21(10-7-13)11-8-14-15(18)5-2-6-16(14)19/h2,5-6,13H,3-4,7-12H2,1H3,(H,22,23). The number of aliphatic carboxylic acids is 1. The largest absolute Gasteiger partial charge is 0.480 e. The van der Waals surface area contributed by atoms with E-state index in [0.717, 1.165) is 38.9 Å². The van der Waals surface area contributed by atoms with Gasteiger partial charge in [0.1, 0.15) is 5.82 Å². The van der Waals surface area contributed by atoms with Gasteiger partial charge in [0.05, 0.1) is 6.54 Å². The maximum atomic E-state index is 13.8. The van der Waals surface area contributed by atoms with E-state index in [-0.39, 0.29) is 12.4 Å². The third-order valence-electron chi connectivity index (χ3n) is 4.54. The van der Waals surface area contributed by atoms with E-state index in [2.05, 4.69) is 4.90 Å². The van der Waals surface area contributed by atoms with Gasteiger partial charge in [-0.25, -0.2) is 4.39 Å². The number of carboxylic acid groups (broad SMARTS) is 1. The van der Waals surface area contributed by atoms with Crippen molar-refractivity contribution in [3.8, 4) is 0 Å². The smallest absolute Gasteiger partial charge is 0.317 e. The summed E-state index contributed by atoms with van der Waals surface area (Å²) in [5, 5.41) is 9.38. The summed E-state index contributed by atoms with van der Waals surface area (Å²) in [5.41, 5.74) is 0.581. The van der Waals surface area contributed by atoms with Crippen LogP contribution in [0.25, 0.3) is 0 Å². The first kappa shape index (κ1) is 18.2. The summed E-state index contributed by atoms with van der Waals surface area (Å²) in [6.45, 7) is 2.72. The summed E-state index contributed by atoms with van der Waals surface area (Å²) in [4.78, 5) is 15.1. The normalized spacial score (nSPS) is 19.7. The highest BCUT2D eigenvalue weighted by Crippen LogP contribution is 2.21. The van der Waals surface area contributed by atoms with Crippen molar-refractivity contribution in [2.24, 2.45) is 0 Å². The van der Waals surface area contributed by atoms with Crippen molar-refractivity contribution in [3.05, 3.63) is 34.6 Å². The molecular weight excluding hydrogens is 319 g/mol. The van der Waals surface area contributed by atoms with Gasteiger partial charge in [0.2, 0.25) is 0 Å². The van der Waals surface area contributed by atoms with Gasteiger partial charge in [-0.3, -0.25) is 9.69 Å². The van der Waals surface area contributed by atoms with Crippen LogP contribution in [0.1, 0.15) is 24.8 Å². The number of hydrogen-bond donors (Lipinski definition) is 1. The highest BCUT2D eigenvalue weighted by Gasteiger charge is 2.21. The second kappa shape index (κ2) is 8.62. The van der Waals surface area contributed by atoms with Crippen molar-refractivity contribution in [3.63, 3.8) is 0 Å². The van der Waals surface area contributed by atoms with Gasteiger partial charge in [-0.05, 0) is 58.0 Å². The lowest BCUT2D eigenvalue weighted by Gasteiger charge is -2.25. The fraction of sp³-hybridized carbons (Fsp3) is 0.588. The number of rotatable bonds is 6. The van der Waals surface area contributed by atoms with E-state index in [0.29, 0.717) is 23.0 Å².